The van der Waals surface area contributed by atoms with Crippen molar-refractivity contribution >= 4 is 15.7 Å². The molecule has 118 valence electrons. The van der Waals surface area contributed by atoms with E-state index in [1.165, 1.54) is 4.31 Å². The van der Waals surface area contributed by atoms with Gasteiger partial charge >= 0.3 is 0 Å². The van der Waals surface area contributed by atoms with E-state index in [1.54, 1.807) is 13.8 Å². The summed E-state index contributed by atoms with van der Waals surface area (Å²) in [7, 11) is -3.58. The number of nitrogens with zero attached hydrogens (tertiary/aromatic N) is 1. The summed E-state index contributed by atoms with van der Waals surface area (Å²) in [5.74, 6) is -0.0584. The molecule has 1 aromatic rings. The zero-order valence-electron chi connectivity index (χ0n) is 13.0. The number of benzene rings is 1. The van der Waals surface area contributed by atoms with Crippen LogP contribution in [-0.4, -0.2) is 37.0 Å². The number of aliphatic hydroxyl groups excluding tert-OH is 1. The van der Waals surface area contributed by atoms with Gasteiger partial charge in [-0.25, -0.2) is 8.42 Å². The van der Waals surface area contributed by atoms with E-state index in [-0.39, 0.29) is 5.92 Å². The van der Waals surface area contributed by atoms with Gasteiger partial charge in [0.1, 0.15) is 0 Å². The summed E-state index contributed by atoms with van der Waals surface area (Å²) >= 11 is 0. The van der Waals surface area contributed by atoms with Crippen LogP contribution in [0.4, 0.5) is 5.69 Å². The number of anilines is 1. The minimum atomic E-state index is -3.58. The van der Waals surface area contributed by atoms with Crippen molar-refractivity contribution in [3.63, 3.8) is 0 Å². The Bertz CT molecular complexity index is 655. The minimum absolute atomic E-state index is 0.0584. The fourth-order valence-corrected chi connectivity index (χ4v) is 5.02. The van der Waals surface area contributed by atoms with Crippen LogP contribution < -0.4 is 5.73 Å². The average molecular weight is 312 g/mol. The van der Waals surface area contributed by atoms with Crippen LogP contribution in [0.5, 0.6) is 0 Å². The fourth-order valence-electron chi connectivity index (χ4n) is 3.02. The first-order valence-electron chi connectivity index (χ1n) is 7.20. The van der Waals surface area contributed by atoms with E-state index >= 15 is 0 Å². The third kappa shape index (κ3) is 2.80. The molecule has 2 rings (SSSR count). The zero-order chi connectivity index (χ0) is 15.9. The van der Waals surface area contributed by atoms with Crippen molar-refractivity contribution in [2.45, 2.75) is 45.1 Å². The van der Waals surface area contributed by atoms with E-state index in [9.17, 15) is 13.5 Å². The van der Waals surface area contributed by atoms with Crippen LogP contribution in [0.3, 0.4) is 0 Å². The first-order chi connectivity index (χ1) is 9.66. The second-order valence-electron chi connectivity index (χ2n) is 6.07. The lowest BCUT2D eigenvalue weighted by Gasteiger charge is -2.34. The van der Waals surface area contributed by atoms with E-state index in [1.807, 2.05) is 19.9 Å². The largest absolute Gasteiger partial charge is 0.398 e. The molecular formula is C15H24N2O3S. The second-order valence-corrected chi connectivity index (χ2v) is 7.95. The SMILES string of the molecule is Cc1cc(C)c(S(=O)(=O)N2CCC(O)C(C)C2)c(C)c1N. The molecule has 0 radical (unpaired) electrons. The second kappa shape index (κ2) is 5.59. The van der Waals surface area contributed by atoms with Gasteiger partial charge in [-0.05, 0) is 49.8 Å². The van der Waals surface area contributed by atoms with Crippen LogP contribution in [0.1, 0.15) is 30.0 Å². The van der Waals surface area contributed by atoms with E-state index in [0.717, 1.165) is 11.1 Å². The van der Waals surface area contributed by atoms with Gasteiger partial charge in [0.2, 0.25) is 10.0 Å². The van der Waals surface area contributed by atoms with Gasteiger partial charge in [-0.15, -0.1) is 0 Å². The highest BCUT2D eigenvalue weighted by atomic mass is 32.2. The molecule has 5 nitrogen and oxygen atoms in total. The Morgan fingerprint density at radius 1 is 1.29 bits per heavy atom. The van der Waals surface area contributed by atoms with Crippen LogP contribution in [0, 0.1) is 26.7 Å². The van der Waals surface area contributed by atoms with E-state index < -0.39 is 16.1 Å². The van der Waals surface area contributed by atoms with Gasteiger partial charge in [0.25, 0.3) is 0 Å². The normalized spacial score (nSPS) is 24.2. The number of hydrogen-bond donors (Lipinski definition) is 2. The molecule has 2 unspecified atom stereocenters. The number of nitrogen functional groups attached to an aromatic ring is 1. The molecule has 6 heteroatoms. The molecule has 3 N–H and O–H groups in total. The quantitative estimate of drug-likeness (QED) is 0.812. The maximum Gasteiger partial charge on any atom is 0.243 e. The Morgan fingerprint density at radius 3 is 2.48 bits per heavy atom. The number of aryl methyl sites for hydroxylation is 2. The Balaban J connectivity index is 2.48. The number of piperidine rings is 1. The van der Waals surface area contributed by atoms with E-state index in [2.05, 4.69) is 0 Å². The van der Waals surface area contributed by atoms with Crippen LogP contribution in [0.2, 0.25) is 0 Å². The van der Waals surface area contributed by atoms with Gasteiger partial charge in [-0.1, -0.05) is 13.0 Å². The molecule has 0 aromatic heterocycles. The Kier molecular flexibility index (Phi) is 4.33. The molecule has 1 saturated heterocycles. The van der Waals surface area contributed by atoms with Gasteiger partial charge in [0, 0.05) is 18.8 Å². The lowest BCUT2D eigenvalue weighted by atomic mass is 9.99. The van der Waals surface area contributed by atoms with Crippen molar-refractivity contribution in [1.29, 1.82) is 0 Å². The standard InChI is InChI=1S/C15H24N2O3S/c1-9-7-10(2)15(12(4)14(9)16)21(19,20)17-6-5-13(18)11(3)8-17/h7,11,13,18H,5-6,8,16H2,1-4H3. The summed E-state index contributed by atoms with van der Waals surface area (Å²) in [5, 5.41) is 9.78. The Morgan fingerprint density at radius 2 is 1.90 bits per heavy atom. The van der Waals surface area contributed by atoms with Gasteiger partial charge < -0.3 is 10.8 Å². The third-order valence-electron chi connectivity index (χ3n) is 4.38. The Labute approximate surface area is 126 Å². The molecule has 1 heterocycles. The molecule has 0 bridgehead atoms. The highest BCUT2D eigenvalue weighted by Crippen LogP contribution is 2.32. The van der Waals surface area contributed by atoms with Gasteiger partial charge in [0.05, 0.1) is 11.0 Å². The van der Waals surface area contributed by atoms with E-state index in [4.69, 9.17) is 5.73 Å². The lowest BCUT2D eigenvalue weighted by Crippen LogP contribution is -2.45. The maximum absolute atomic E-state index is 12.9. The molecule has 1 aliphatic heterocycles. The Hall–Kier alpha value is -1.11. The van der Waals surface area contributed by atoms with Crippen molar-refractivity contribution in [2.24, 2.45) is 5.92 Å². The highest BCUT2D eigenvalue weighted by molar-refractivity contribution is 7.89. The van der Waals surface area contributed by atoms with Crippen molar-refractivity contribution in [2.75, 3.05) is 18.8 Å². The van der Waals surface area contributed by atoms with Gasteiger partial charge in [-0.2, -0.15) is 4.31 Å². The fraction of sp³-hybridized carbons (Fsp3) is 0.600. The molecule has 0 amide bonds. The van der Waals surface area contributed by atoms with E-state index in [0.29, 0.717) is 35.7 Å². The first kappa shape index (κ1) is 16.3. The molecule has 0 spiro atoms. The smallest absolute Gasteiger partial charge is 0.243 e. The summed E-state index contributed by atoms with van der Waals surface area (Å²) in [5.41, 5.74) is 8.77. The molecule has 2 atom stereocenters. The van der Waals surface area contributed by atoms with Crippen molar-refractivity contribution in [3.8, 4) is 0 Å². The summed E-state index contributed by atoms with van der Waals surface area (Å²) in [6.45, 7) is 8.00. The van der Waals surface area contributed by atoms with Crippen LogP contribution in [-0.2, 0) is 10.0 Å². The molecule has 1 aromatic carbocycles. The monoisotopic (exact) mass is 312 g/mol. The van der Waals surface area contributed by atoms with Gasteiger partial charge in [0.15, 0.2) is 0 Å². The number of nitrogens with two attached hydrogens (primary N) is 1. The molecule has 1 fully saturated rings. The number of sulfonamides is 1. The molecule has 21 heavy (non-hydrogen) atoms. The lowest BCUT2D eigenvalue weighted by molar-refractivity contribution is 0.0628. The molecule has 0 saturated carbocycles. The molecular weight excluding hydrogens is 288 g/mol. The number of aliphatic hydroxyl groups is 1. The predicted octanol–water partition coefficient (Wildman–Crippen LogP) is 1.59. The molecule has 1 aliphatic rings. The third-order valence-corrected chi connectivity index (χ3v) is 6.54. The van der Waals surface area contributed by atoms with Crippen LogP contribution in [0.15, 0.2) is 11.0 Å². The van der Waals surface area contributed by atoms with Crippen LogP contribution in [0.25, 0.3) is 0 Å². The minimum Gasteiger partial charge on any atom is -0.398 e. The number of rotatable bonds is 2. The number of hydrogen-bond acceptors (Lipinski definition) is 4. The molecule has 0 aliphatic carbocycles. The summed E-state index contributed by atoms with van der Waals surface area (Å²) in [6.07, 6.45) is 0.0431. The summed E-state index contributed by atoms with van der Waals surface area (Å²) in [6, 6.07) is 1.82. The summed E-state index contributed by atoms with van der Waals surface area (Å²) in [4.78, 5) is 0.314. The van der Waals surface area contributed by atoms with Crippen molar-refractivity contribution in [3.05, 3.63) is 22.8 Å². The zero-order valence-corrected chi connectivity index (χ0v) is 13.9. The predicted molar refractivity (Wildman–Crippen MR) is 83.6 cm³/mol. The van der Waals surface area contributed by atoms with Crippen molar-refractivity contribution in [1.82, 2.24) is 4.31 Å². The van der Waals surface area contributed by atoms with Gasteiger partial charge in [-0.3, -0.25) is 0 Å². The topological polar surface area (TPSA) is 83.6 Å². The maximum atomic E-state index is 12.9. The first-order valence-corrected chi connectivity index (χ1v) is 8.64. The summed E-state index contributed by atoms with van der Waals surface area (Å²) < 4.78 is 27.3. The highest BCUT2D eigenvalue weighted by Gasteiger charge is 2.34. The van der Waals surface area contributed by atoms with Crippen LogP contribution >= 0.6 is 0 Å². The average Bonchev–Trinajstić information content (AvgIpc) is 2.39. The van der Waals surface area contributed by atoms with Crippen molar-refractivity contribution < 1.29 is 13.5 Å².